The smallest absolute Gasteiger partial charge is 0.254 e. The molecule has 8 heteroatoms. The Morgan fingerprint density at radius 1 is 1.15 bits per heavy atom. The second-order valence-electron chi connectivity index (χ2n) is 9.04. The van der Waals surface area contributed by atoms with Crippen molar-refractivity contribution in [3.63, 3.8) is 0 Å². The van der Waals surface area contributed by atoms with Crippen molar-refractivity contribution in [3.05, 3.63) is 71.7 Å². The molecule has 0 bridgehead atoms. The van der Waals surface area contributed by atoms with Gasteiger partial charge in [0.25, 0.3) is 5.91 Å². The molecule has 1 amide bonds. The van der Waals surface area contributed by atoms with Crippen molar-refractivity contribution in [2.45, 2.75) is 32.4 Å². The lowest BCUT2D eigenvalue weighted by atomic mass is 9.99. The van der Waals surface area contributed by atoms with Gasteiger partial charge in [0.05, 0.1) is 41.1 Å². The van der Waals surface area contributed by atoms with Gasteiger partial charge in [0.2, 0.25) is 0 Å². The molecule has 3 aromatic heterocycles. The highest BCUT2D eigenvalue weighted by Gasteiger charge is 2.27. The van der Waals surface area contributed by atoms with Gasteiger partial charge < -0.3 is 20.6 Å². The Kier molecular flexibility index (Phi) is 4.95. The molecule has 2 aliphatic heterocycles. The molecule has 5 heterocycles. The van der Waals surface area contributed by atoms with Crippen LogP contribution in [0.2, 0.25) is 0 Å². The normalized spacial score (nSPS) is 17.6. The van der Waals surface area contributed by atoms with Crippen molar-refractivity contribution in [3.8, 4) is 11.3 Å². The maximum absolute atomic E-state index is 12.8. The number of carbonyl (C=O) groups excluding carboxylic acids is 1. The summed E-state index contributed by atoms with van der Waals surface area (Å²) < 4.78 is 2.05. The van der Waals surface area contributed by atoms with E-state index < -0.39 is 0 Å². The lowest BCUT2D eigenvalue weighted by Crippen LogP contribution is -2.38. The number of β-amino-alcohol motifs (C(OH)–C–C–N with tert-alkyl or cyclic N) is 1. The van der Waals surface area contributed by atoms with Crippen LogP contribution in [-0.4, -0.2) is 44.6 Å². The number of amides is 1. The Morgan fingerprint density at radius 2 is 2.06 bits per heavy atom. The zero-order valence-corrected chi connectivity index (χ0v) is 19.0. The summed E-state index contributed by atoms with van der Waals surface area (Å²) in [5.74, 6) is 0.573. The fourth-order valence-corrected chi connectivity index (χ4v) is 4.95. The maximum Gasteiger partial charge on any atom is 0.254 e. The van der Waals surface area contributed by atoms with Crippen molar-refractivity contribution in [1.82, 2.24) is 19.7 Å². The number of piperidine rings is 1. The van der Waals surface area contributed by atoms with Crippen LogP contribution in [0.4, 0.5) is 17.2 Å². The van der Waals surface area contributed by atoms with Crippen LogP contribution in [0.5, 0.6) is 0 Å². The van der Waals surface area contributed by atoms with E-state index in [4.69, 9.17) is 0 Å². The summed E-state index contributed by atoms with van der Waals surface area (Å²) in [6, 6.07) is 12.0. The van der Waals surface area contributed by atoms with Gasteiger partial charge in [-0.2, -0.15) is 0 Å². The molecular weight excluding hydrogens is 428 g/mol. The fraction of sp³-hybridized carbons (Fsp3) is 0.269. The van der Waals surface area contributed by atoms with Gasteiger partial charge in [-0.25, -0.2) is 9.97 Å². The first-order valence-electron chi connectivity index (χ1n) is 11.6. The molecule has 1 aromatic carbocycles. The quantitative estimate of drug-likeness (QED) is 0.436. The molecule has 1 saturated heterocycles. The Labute approximate surface area is 197 Å². The highest BCUT2D eigenvalue weighted by molar-refractivity contribution is 6.06. The minimum absolute atomic E-state index is 0.0945. The summed E-state index contributed by atoms with van der Waals surface area (Å²) in [6.45, 7) is 4.07. The first-order valence-corrected chi connectivity index (χ1v) is 11.6. The number of aryl methyl sites for hydroxylation is 1. The third kappa shape index (κ3) is 3.56. The molecule has 172 valence electrons. The average Bonchev–Trinajstić information content (AvgIpc) is 3.44. The predicted molar refractivity (Wildman–Crippen MR) is 132 cm³/mol. The Bertz CT molecular complexity index is 1390. The number of hydrogen-bond donors (Lipinski definition) is 3. The van der Waals surface area contributed by atoms with Crippen molar-refractivity contribution < 1.29 is 9.90 Å². The number of aromatic nitrogens is 3. The Morgan fingerprint density at radius 3 is 2.88 bits per heavy atom. The number of imidazole rings is 1. The van der Waals surface area contributed by atoms with Gasteiger partial charge >= 0.3 is 0 Å². The molecule has 34 heavy (non-hydrogen) atoms. The molecule has 1 fully saturated rings. The predicted octanol–water partition coefficient (Wildman–Crippen LogP) is 3.65. The van der Waals surface area contributed by atoms with E-state index >= 15 is 0 Å². The number of hydrogen-bond acceptors (Lipinski definition) is 6. The van der Waals surface area contributed by atoms with E-state index in [1.165, 1.54) is 0 Å². The van der Waals surface area contributed by atoms with Crippen LogP contribution in [0.1, 0.15) is 34.3 Å². The highest BCUT2D eigenvalue weighted by atomic mass is 16.3. The van der Waals surface area contributed by atoms with Crippen molar-refractivity contribution in [2.24, 2.45) is 0 Å². The molecule has 0 spiro atoms. The topological polar surface area (TPSA) is 94.8 Å². The number of anilines is 3. The standard InChI is InChI=1S/C26H26N6O2/c1-16-8-10-32-22(14-28-24(32)11-16)19-5-6-21(25-20(19)13-29-26(25)34)30-23-7-4-17(12-27-23)31-9-2-3-18(33)15-31/h4-8,10-12,14,18,33H,2-3,9,13,15H2,1H3,(H,27,30)(H,29,34)/t18-/m1/s1. The second kappa shape index (κ2) is 8.14. The van der Waals surface area contributed by atoms with Gasteiger partial charge in [-0.15, -0.1) is 0 Å². The van der Waals surface area contributed by atoms with E-state index in [0.717, 1.165) is 58.8 Å². The summed E-state index contributed by atoms with van der Waals surface area (Å²) in [5.41, 5.74) is 7.30. The average molecular weight is 455 g/mol. The number of carbonyl (C=O) groups is 1. The zero-order chi connectivity index (χ0) is 23.2. The van der Waals surface area contributed by atoms with Gasteiger partial charge in [-0.3, -0.25) is 9.20 Å². The first kappa shape index (κ1) is 20.7. The molecule has 0 radical (unpaired) electrons. The van der Waals surface area contributed by atoms with Crippen molar-refractivity contribution >= 4 is 28.7 Å². The summed E-state index contributed by atoms with van der Waals surface area (Å²) in [6.07, 6.45) is 7.22. The summed E-state index contributed by atoms with van der Waals surface area (Å²) >= 11 is 0. The lowest BCUT2D eigenvalue weighted by Gasteiger charge is -2.31. The SMILES string of the molecule is Cc1ccn2c(-c3ccc(Nc4ccc(N5CCC[C@@H](O)C5)cn4)c4c3CNC4=O)cnc2c1. The zero-order valence-electron chi connectivity index (χ0n) is 19.0. The molecule has 0 unspecified atom stereocenters. The molecule has 1 atom stereocenters. The maximum atomic E-state index is 12.8. The number of aliphatic hydroxyl groups is 1. The van der Waals surface area contributed by atoms with E-state index in [-0.39, 0.29) is 12.0 Å². The molecular formula is C26H26N6O2. The number of benzene rings is 1. The van der Waals surface area contributed by atoms with E-state index in [1.807, 2.05) is 55.8 Å². The van der Waals surface area contributed by atoms with Crippen molar-refractivity contribution in [1.29, 1.82) is 0 Å². The third-order valence-corrected chi connectivity index (χ3v) is 6.68. The van der Waals surface area contributed by atoms with Crippen LogP contribution in [0, 0.1) is 6.92 Å². The Balaban J connectivity index is 1.32. The van der Waals surface area contributed by atoms with Gasteiger partial charge in [0.15, 0.2) is 0 Å². The van der Waals surface area contributed by atoms with E-state index in [2.05, 4.69) is 36.0 Å². The summed E-state index contributed by atoms with van der Waals surface area (Å²) in [4.78, 5) is 24.0. The highest BCUT2D eigenvalue weighted by Crippen LogP contribution is 2.35. The van der Waals surface area contributed by atoms with E-state index in [1.54, 1.807) is 0 Å². The number of rotatable bonds is 4. The molecule has 2 aliphatic rings. The second-order valence-corrected chi connectivity index (χ2v) is 9.04. The van der Waals surface area contributed by atoms with Gasteiger partial charge in [0, 0.05) is 31.4 Å². The molecule has 0 aliphatic carbocycles. The number of nitrogens with one attached hydrogen (secondary N) is 2. The summed E-state index contributed by atoms with van der Waals surface area (Å²) in [7, 11) is 0. The van der Waals surface area contributed by atoms with Crippen LogP contribution in [0.25, 0.3) is 16.9 Å². The molecule has 4 aromatic rings. The fourth-order valence-electron chi connectivity index (χ4n) is 4.95. The van der Waals surface area contributed by atoms with Crippen LogP contribution in [-0.2, 0) is 6.54 Å². The van der Waals surface area contributed by atoms with Gasteiger partial charge in [-0.05, 0) is 61.2 Å². The summed E-state index contributed by atoms with van der Waals surface area (Å²) in [5, 5.41) is 16.2. The van der Waals surface area contributed by atoms with Crippen LogP contribution < -0.4 is 15.5 Å². The number of nitrogens with zero attached hydrogens (tertiary/aromatic N) is 4. The monoisotopic (exact) mass is 454 g/mol. The number of aliphatic hydroxyl groups excluding tert-OH is 1. The molecule has 0 saturated carbocycles. The first-order chi connectivity index (χ1) is 16.6. The third-order valence-electron chi connectivity index (χ3n) is 6.68. The van der Waals surface area contributed by atoms with Crippen LogP contribution in [0.3, 0.4) is 0 Å². The lowest BCUT2D eigenvalue weighted by molar-refractivity contribution is 0.0966. The molecule has 8 nitrogen and oxygen atoms in total. The largest absolute Gasteiger partial charge is 0.391 e. The van der Waals surface area contributed by atoms with Crippen LogP contribution >= 0.6 is 0 Å². The van der Waals surface area contributed by atoms with Gasteiger partial charge in [-0.1, -0.05) is 6.07 Å². The van der Waals surface area contributed by atoms with E-state index in [0.29, 0.717) is 24.5 Å². The minimum atomic E-state index is -0.289. The Hall–Kier alpha value is -3.91. The minimum Gasteiger partial charge on any atom is -0.391 e. The van der Waals surface area contributed by atoms with Crippen LogP contribution in [0.15, 0.2) is 55.0 Å². The number of fused-ring (bicyclic) bond motifs is 2. The van der Waals surface area contributed by atoms with Crippen molar-refractivity contribution in [2.75, 3.05) is 23.3 Å². The molecule has 3 N–H and O–H groups in total. The number of pyridine rings is 2. The van der Waals surface area contributed by atoms with E-state index in [9.17, 15) is 9.90 Å². The molecule has 6 rings (SSSR count). The van der Waals surface area contributed by atoms with Gasteiger partial charge in [0.1, 0.15) is 11.5 Å².